The molecule has 0 spiro atoms. The molecule has 148 valence electrons. The summed E-state index contributed by atoms with van der Waals surface area (Å²) in [5.41, 5.74) is -1.88. The van der Waals surface area contributed by atoms with E-state index < -0.39 is 35.0 Å². The number of pyridine rings is 1. The number of halogens is 2. The number of nitrogens with zero attached hydrogens (tertiary/aromatic N) is 3. The molecule has 1 aliphatic heterocycles. The zero-order valence-corrected chi connectivity index (χ0v) is 16.3. The number of aliphatic hydroxyl groups is 2. The van der Waals surface area contributed by atoms with Gasteiger partial charge in [-0.05, 0) is 25.1 Å². The molecule has 0 aliphatic carbocycles. The summed E-state index contributed by atoms with van der Waals surface area (Å²) in [5.74, 6) is -0.679. The van der Waals surface area contributed by atoms with Crippen LogP contribution in [0.5, 0.6) is 5.75 Å². The highest BCUT2D eigenvalue weighted by Crippen LogP contribution is 2.33. The van der Waals surface area contributed by atoms with Gasteiger partial charge in [0.1, 0.15) is 40.7 Å². The highest BCUT2D eigenvalue weighted by Gasteiger charge is 2.54. The summed E-state index contributed by atoms with van der Waals surface area (Å²) < 4.78 is 33.7. The minimum atomic E-state index is -1.74. The zero-order chi connectivity index (χ0) is 20.5. The van der Waals surface area contributed by atoms with Crippen LogP contribution in [0.25, 0.3) is 0 Å². The molecule has 28 heavy (non-hydrogen) atoms. The molecule has 1 fully saturated rings. The predicted octanol–water partition coefficient (Wildman–Crippen LogP) is 1.64. The number of ether oxygens (including phenoxy) is 1. The van der Waals surface area contributed by atoms with Crippen molar-refractivity contribution in [3.8, 4) is 11.8 Å². The maximum Gasteiger partial charge on any atom is 0.265 e. The minimum absolute atomic E-state index is 0.0000615. The Morgan fingerprint density at radius 1 is 1.50 bits per heavy atom. The van der Waals surface area contributed by atoms with E-state index in [1.165, 1.54) is 35.6 Å². The van der Waals surface area contributed by atoms with Crippen molar-refractivity contribution >= 4 is 23.0 Å². The fraction of sp³-hybridized carbons (Fsp3) is 0.333. The van der Waals surface area contributed by atoms with Crippen LogP contribution in [0, 0.1) is 17.1 Å². The van der Waals surface area contributed by atoms with Gasteiger partial charge in [0.2, 0.25) is 0 Å². The Kier molecular flexibility index (Phi) is 6.09. The van der Waals surface area contributed by atoms with Crippen LogP contribution in [0.15, 0.2) is 41.6 Å². The number of hydrogen-bond acceptors (Lipinski definition) is 7. The quantitative estimate of drug-likeness (QED) is 0.700. The van der Waals surface area contributed by atoms with Crippen LogP contribution in [-0.2, 0) is 11.4 Å². The van der Waals surface area contributed by atoms with E-state index in [4.69, 9.17) is 21.6 Å². The van der Waals surface area contributed by atoms with Crippen molar-refractivity contribution in [1.82, 2.24) is 9.29 Å². The normalized spacial score (nSPS) is 24.5. The largest absolute Gasteiger partial charge is 0.592 e. The summed E-state index contributed by atoms with van der Waals surface area (Å²) in [6.07, 6.45) is -0.837. The van der Waals surface area contributed by atoms with Gasteiger partial charge in [-0.1, -0.05) is 11.6 Å². The van der Waals surface area contributed by atoms with Crippen molar-refractivity contribution in [3.05, 3.63) is 52.9 Å². The molecule has 10 heteroatoms. The molecule has 1 saturated heterocycles. The van der Waals surface area contributed by atoms with Crippen LogP contribution < -0.4 is 4.74 Å². The van der Waals surface area contributed by atoms with E-state index in [1.54, 1.807) is 12.1 Å². The molecule has 2 N–H and O–H groups in total. The van der Waals surface area contributed by atoms with Gasteiger partial charge in [0.25, 0.3) is 5.03 Å². The molecular formula is C18H17ClFN3O4S. The lowest BCUT2D eigenvalue weighted by Gasteiger charge is -2.31. The van der Waals surface area contributed by atoms with Gasteiger partial charge in [0.15, 0.2) is 0 Å². The molecule has 0 saturated carbocycles. The summed E-state index contributed by atoms with van der Waals surface area (Å²) in [6.45, 7) is 1.24. The smallest absolute Gasteiger partial charge is 0.265 e. The van der Waals surface area contributed by atoms with Crippen molar-refractivity contribution < 1.29 is 23.9 Å². The van der Waals surface area contributed by atoms with E-state index >= 15 is 0 Å². The zero-order valence-electron chi connectivity index (χ0n) is 14.7. The Balaban J connectivity index is 1.82. The number of nitriles is 1. The molecule has 1 aliphatic rings. The predicted molar refractivity (Wildman–Crippen MR) is 99.4 cm³/mol. The van der Waals surface area contributed by atoms with Gasteiger partial charge >= 0.3 is 0 Å². The molecule has 0 bridgehead atoms. The average Bonchev–Trinajstić information content (AvgIpc) is 3.00. The Bertz CT molecular complexity index is 895. The van der Waals surface area contributed by atoms with Gasteiger partial charge < -0.3 is 19.5 Å². The molecule has 1 aromatic carbocycles. The summed E-state index contributed by atoms with van der Waals surface area (Å²) in [4.78, 5) is 4.02. The van der Waals surface area contributed by atoms with E-state index in [1.807, 2.05) is 0 Å². The third-order valence-corrected chi connectivity index (χ3v) is 6.10. The summed E-state index contributed by atoms with van der Waals surface area (Å²) in [7, 11) is 0. The average molecular weight is 426 g/mol. The molecule has 2 aromatic rings. The van der Waals surface area contributed by atoms with Gasteiger partial charge in [-0.25, -0.2) is 9.37 Å². The highest BCUT2D eigenvalue weighted by molar-refractivity contribution is 7.89. The number of benzene rings is 1. The topological polar surface area (TPSA) is 113 Å². The van der Waals surface area contributed by atoms with E-state index in [9.17, 15) is 19.2 Å². The maximum absolute atomic E-state index is 13.8. The van der Waals surface area contributed by atoms with Crippen LogP contribution in [0.4, 0.5) is 4.39 Å². The Hall–Kier alpha value is -1.93. The van der Waals surface area contributed by atoms with Crippen LogP contribution in [-0.4, -0.2) is 55.0 Å². The lowest BCUT2D eigenvalue weighted by Crippen LogP contribution is -2.53. The molecular weight excluding hydrogens is 409 g/mol. The van der Waals surface area contributed by atoms with Crippen LogP contribution in [0.1, 0.15) is 12.5 Å². The lowest BCUT2D eigenvalue weighted by atomic mass is 9.94. The third kappa shape index (κ3) is 4.07. The van der Waals surface area contributed by atoms with Crippen molar-refractivity contribution in [3.63, 3.8) is 0 Å². The molecule has 2 heterocycles. The molecule has 1 aromatic heterocycles. The SMILES string of the molecule is CC(O)C1(O)CN([S+]([O-])c2ccc(Cl)cn2)C[C@@H]1Oc1ccc(C#N)c(F)c1. The number of aromatic nitrogens is 1. The van der Waals surface area contributed by atoms with Gasteiger partial charge in [0.05, 0.1) is 36.0 Å². The van der Waals surface area contributed by atoms with E-state index in [-0.39, 0.29) is 29.4 Å². The van der Waals surface area contributed by atoms with Gasteiger partial charge in [-0.3, -0.25) is 0 Å². The molecule has 0 radical (unpaired) electrons. The van der Waals surface area contributed by atoms with Crippen molar-refractivity contribution in [2.45, 2.75) is 29.8 Å². The summed E-state index contributed by atoms with van der Waals surface area (Å²) >= 11 is 4.07. The fourth-order valence-corrected chi connectivity index (χ4v) is 4.18. The highest BCUT2D eigenvalue weighted by atomic mass is 35.5. The first-order valence-electron chi connectivity index (χ1n) is 8.29. The van der Waals surface area contributed by atoms with Crippen LogP contribution in [0.2, 0.25) is 5.02 Å². The summed E-state index contributed by atoms with van der Waals surface area (Å²) in [5, 5.41) is 30.5. The number of β-amino-alcohol motifs (C(OH)–C–C–N with tert-alkyl or cyclic N) is 1. The van der Waals surface area contributed by atoms with Gasteiger partial charge in [0, 0.05) is 12.1 Å². The van der Waals surface area contributed by atoms with Gasteiger partial charge in [-0.2, -0.15) is 5.26 Å². The Morgan fingerprint density at radius 2 is 2.25 bits per heavy atom. The number of rotatable bonds is 5. The molecule has 3 rings (SSSR count). The Morgan fingerprint density at radius 3 is 2.82 bits per heavy atom. The van der Waals surface area contributed by atoms with Crippen LogP contribution in [0.3, 0.4) is 0 Å². The first kappa shape index (κ1) is 20.8. The van der Waals surface area contributed by atoms with Crippen LogP contribution >= 0.6 is 11.6 Å². The third-order valence-electron chi connectivity index (χ3n) is 4.53. The van der Waals surface area contributed by atoms with E-state index in [0.29, 0.717) is 5.02 Å². The first-order chi connectivity index (χ1) is 13.2. The second-order valence-electron chi connectivity index (χ2n) is 6.41. The second-order valence-corrected chi connectivity index (χ2v) is 8.28. The van der Waals surface area contributed by atoms with E-state index in [0.717, 1.165) is 6.07 Å². The standard InChI is InChI=1S/C18H17ClFN3O4S/c1-11(24)18(25)10-23(28(26)17-5-3-13(19)8-22-17)9-16(18)27-14-4-2-12(7-21)15(20)6-14/h2-6,8,11,16,24-25H,9-10H2,1H3/t11?,16-,18?,28?/m0/s1. The van der Waals surface area contributed by atoms with Crippen molar-refractivity contribution in [1.29, 1.82) is 5.26 Å². The van der Waals surface area contributed by atoms with E-state index in [2.05, 4.69) is 4.98 Å². The van der Waals surface area contributed by atoms with Crippen molar-refractivity contribution in [2.75, 3.05) is 13.1 Å². The first-order valence-corrected chi connectivity index (χ1v) is 9.78. The number of aliphatic hydroxyl groups excluding tert-OH is 1. The second kappa shape index (κ2) is 8.21. The number of hydrogen-bond donors (Lipinski definition) is 2. The van der Waals surface area contributed by atoms with Crippen molar-refractivity contribution in [2.24, 2.45) is 0 Å². The lowest BCUT2D eigenvalue weighted by molar-refractivity contribution is -0.104. The minimum Gasteiger partial charge on any atom is -0.592 e. The van der Waals surface area contributed by atoms with Gasteiger partial charge in [-0.15, -0.1) is 4.31 Å². The molecule has 0 amide bonds. The molecule has 7 nitrogen and oxygen atoms in total. The monoisotopic (exact) mass is 425 g/mol. The summed E-state index contributed by atoms with van der Waals surface area (Å²) in [6, 6.07) is 8.44. The molecule has 3 unspecified atom stereocenters. The molecule has 4 atom stereocenters. The maximum atomic E-state index is 13.8. The fourth-order valence-electron chi connectivity index (χ4n) is 2.88. The Labute approximate surface area is 169 Å².